The third-order valence-corrected chi connectivity index (χ3v) is 2.59. The first-order valence-corrected chi connectivity index (χ1v) is 5.32. The Bertz CT molecular complexity index is 482. The third kappa shape index (κ3) is 2.14. The summed E-state index contributed by atoms with van der Waals surface area (Å²) in [5.41, 5.74) is 0.624. The van der Waals surface area contributed by atoms with Crippen molar-refractivity contribution in [3.05, 3.63) is 51.7 Å². The summed E-state index contributed by atoms with van der Waals surface area (Å²) in [5.74, 6) is -1.71. The highest BCUT2D eigenvalue weighted by atomic mass is 127. The van der Waals surface area contributed by atoms with Gasteiger partial charge in [0.2, 0.25) is 0 Å². The Hall–Kier alpha value is -1.04. The van der Waals surface area contributed by atoms with E-state index in [0.29, 0.717) is 5.69 Å². The number of aromatic nitrogens is 1. The van der Waals surface area contributed by atoms with E-state index in [9.17, 15) is 8.78 Å². The highest BCUT2D eigenvalue weighted by Crippen LogP contribution is 2.22. The van der Waals surface area contributed by atoms with Gasteiger partial charge in [0.1, 0.15) is 0 Å². The van der Waals surface area contributed by atoms with Crippen LogP contribution in [0.2, 0.25) is 0 Å². The molecule has 0 radical (unpaired) electrons. The number of nitrogens with zero attached hydrogens (tertiary/aromatic N) is 1. The van der Waals surface area contributed by atoms with Crippen molar-refractivity contribution in [1.29, 1.82) is 0 Å². The molecule has 1 heterocycles. The summed E-state index contributed by atoms with van der Waals surface area (Å²) in [5, 5.41) is 0. The van der Waals surface area contributed by atoms with Crippen LogP contribution in [0, 0.1) is 15.2 Å². The highest BCUT2D eigenvalue weighted by molar-refractivity contribution is 14.1. The van der Waals surface area contributed by atoms with Crippen LogP contribution < -0.4 is 0 Å². The quantitative estimate of drug-likeness (QED) is 0.732. The maximum Gasteiger partial charge on any atom is 0.168 e. The molecule has 0 spiro atoms. The van der Waals surface area contributed by atoms with Crippen LogP contribution in [0.25, 0.3) is 11.3 Å². The number of pyridine rings is 1. The van der Waals surface area contributed by atoms with Crippen molar-refractivity contribution >= 4 is 22.6 Å². The molecule has 0 unspecified atom stereocenters. The first kappa shape index (κ1) is 10.5. The standard InChI is InChI=1S/C11H6F2IN/c12-9-3-1-2-8(11(9)13)10-5-4-7(14)6-15-10/h1-6H. The normalized spacial score (nSPS) is 10.3. The summed E-state index contributed by atoms with van der Waals surface area (Å²) in [7, 11) is 0. The zero-order valence-electron chi connectivity index (χ0n) is 7.55. The maximum atomic E-state index is 13.4. The monoisotopic (exact) mass is 317 g/mol. The van der Waals surface area contributed by atoms with E-state index >= 15 is 0 Å². The molecule has 0 amide bonds. The van der Waals surface area contributed by atoms with Gasteiger partial charge in [0.15, 0.2) is 11.6 Å². The van der Waals surface area contributed by atoms with Gasteiger partial charge in [-0.05, 0) is 46.9 Å². The summed E-state index contributed by atoms with van der Waals surface area (Å²) in [6, 6.07) is 7.53. The number of hydrogen-bond acceptors (Lipinski definition) is 1. The topological polar surface area (TPSA) is 12.9 Å². The Balaban J connectivity index is 2.54. The van der Waals surface area contributed by atoms with Gasteiger partial charge >= 0.3 is 0 Å². The second-order valence-corrected chi connectivity index (χ2v) is 4.21. The zero-order valence-corrected chi connectivity index (χ0v) is 9.70. The summed E-state index contributed by atoms with van der Waals surface area (Å²) >= 11 is 2.10. The van der Waals surface area contributed by atoms with E-state index in [1.54, 1.807) is 18.3 Å². The number of rotatable bonds is 1. The van der Waals surface area contributed by atoms with Crippen LogP contribution in [0.5, 0.6) is 0 Å². The van der Waals surface area contributed by atoms with Gasteiger partial charge in [0.05, 0.1) is 5.69 Å². The lowest BCUT2D eigenvalue weighted by molar-refractivity contribution is 0.511. The summed E-state index contributed by atoms with van der Waals surface area (Å²) < 4.78 is 27.3. The minimum atomic E-state index is -0.855. The van der Waals surface area contributed by atoms with Crippen molar-refractivity contribution < 1.29 is 8.78 Å². The Morgan fingerprint density at radius 3 is 2.53 bits per heavy atom. The molecule has 0 bridgehead atoms. The van der Waals surface area contributed by atoms with E-state index in [2.05, 4.69) is 27.6 Å². The zero-order chi connectivity index (χ0) is 10.8. The van der Waals surface area contributed by atoms with Crippen molar-refractivity contribution in [3.63, 3.8) is 0 Å². The summed E-state index contributed by atoms with van der Waals surface area (Å²) in [6.45, 7) is 0. The van der Waals surface area contributed by atoms with E-state index in [4.69, 9.17) is 0 Å². The molecule has 0 aliphatic carbocycles. The number of halogens is 3. The predicted octanol–water partition coefficient (Wildman–Crippen LogP) is 3.63. The molecule has 1 aromatic carbocycles. The van der Waals surface area contributed by atoms with Crippen LogP contribution in [-0.4, -0.2) is 4.98 Å². The van der Waals surface area contributed by atoms with Gasteiger partial charge in [-0.15, -0.1) is 0 Å². The van der Waals surface area contributed by atoms with Crippen molar-refractivity contribution in [3.8, 4) is 11.3 Å². The fourth-order valence-electron chi connectivity index (χ4n) is 1.24. The lowest BCUT2D eigenvalue weighted by Gasteiger charge is -2.02. The number of benzene rings is 1. The molecule has 1 aromatic heterocycles. The molecular weight excluding hydrogens is 311 g/mol. The third-order valence-electron chi connectivity index (χ3n) is 1.95. The van der Waals surface area contributed by atoms with Crippen LogP contribution >= 0.6 is 22.6 Å². The molecule has 15 heavy (non-hydrogen) atoms. The molecule has 1 nitrogen and oxygen atoms in total. The number of hydrogen-bond donors (Lipinski definition) is 0. The van der Waals surface area contributed by atoms with Crippen LogP contribution in [-0.2, 0) is 0 Å². The fraction of sp³-hybridized carbons (Fsp3) is 0. The fourth-order valence-corrected chi connectivity index (χ4v) is 1.56. The van der Waals surface area contributed by atoms with Gasteiger partial charge < -0.3 is 0 Å². The van der Waals surface area contributed by atoms with Crippen molar-refractivity contribution in [2.75, 3.05) is 0 Å². The van der Waals surface area contributed by atoms with Gasteiger partial charge in [0, 0.05) is 15.3 Å². The van der Waals surface area contributed by atoms with Crippen LogP contribution in [0.15, 0.2) is 36.5 Å². The molecule has 2 aromatic rings. The highest BCUT2D eigenvalue weighted by Gasteiger charge is 2.09. The molecule has 0 aliphatic heterocycles. The SMILES string of the molecule is Fc1cccc(-c2ccc(I)cn2)c1F. The largest absolute Gasteiger partial charge is 0.255 e. The molecular formula is C11H6F2IN. The lowest BCUT2D eigenvalue weighted by atomic mass is 10.1. The van der Waals surface area contributed by atoms with E-state index in [1.165, 1.54) is 12.1 Å². The minimum Gasteiger partial charge on any atom is -0.255 e. The Morgan fingerprint density at radius 2 is 1.87 bits per heavy atom. The van der Waals surface area contributed by atoms with Gasteiger partial charge in [-0.25, -0.2) is 8.78 Å². The molecule has 0 N–H and O–H groups in total. The molecule has 0 atom stereocenters. The smallest absolute Gasteiger partial charge is 0.168 e. The van der Waals surface area contributed by atoms with E-state index < -0.39 is 11.6 Å². The Kier molecular flexibility index (Phi) is 2.95. The minimum absolute atomic E-state index is 0.186. The molecule has 0 saturated heterocycles. The summed E-state index contributed by atoms with van der Waals surface area (Å²) in [4.78, 5) is 4.04. The van der Waals surface area contributed by atoms with Gasteiger partial charge in [0.25, 0.3) is 0 Å². The van der Waals surface area contributed by atoms with Gasteiger partial charge in [-0.3, -0.25) is 4.98 Å². The van der Waals surface area contributed by atoms with Crippen molar-refractivity contribution in [1.82, 2.24) is 4.98 Å². The predicted molar refractivity (Wildman–Crippen MR) is 62.3 cm³/mol. The van der Waals surface area contributed by atoms with E-state index in [1.807, 2.05) is 0 Å². The van der Waals surface area contributed by atoms with Crippen LogP contribution in [0.3, 0.4) is 0 Å². The van der Waals surface area contributed by atoms with Crippen LogP contribution in [0.4, 0.5) is 8.78 Å². The lowest BCUT2D eigenvalue weighted by Crippen LogP contribution is -1.91. The Labute approximate surface area is 99.3 Å². The second kappa shape index (κ2) is 4.22. The average Bonchev–Trinajstić information content (AvgIpc) is 2.24. The Morgan fingerprint density at radius 1 is 1.07 bits per heavy atom. The molecule has 0 aliphatic rings. The maximum absolute atomic E-state index is 13.4. The molecule has 0 fully saturated rings. The molecule has 2 rings (SSSR count). The first-order chi connectivity index (χ1) is 7.18. The average molecular weight is 317 g/mol. The van der Waals surface area contributed by atoms with E-state index in [0.717, 1.165) is 9.64 Å². The van der Waals surface area contributed by atoms with Crippen LogP contribution in [0.1, 0.15) is 0 Å². The van der Waals surface area contributed by atoms with Gasteiger partial charge in [-0.1, -0.05) is 6.07 Å². The second-order valence-electron chi connectivity index (χ2n) is 2.96. The molecule has 4 heteroatoms. The first-order valence-electron chi connectivity index (χ1n) is 4.24. The van der Waals surface area contributed by atoms with Crippen molar-refractivity contribution in [2.45, 2.75) is 0 Å². The van der Waals surface area contributed by atoms with Gasteiger partial charge in [-0.2, -0.15) is 0 Å². The van der Waals surface area contributed by atoms with Crippen molar-refractivity contribution in [2.24, 2.45) is 0 Å². The molecule has 0 saturated carbocycles. The summed E-state index contributed by atoms with van der Waals surface area (Å²) in [6.07, 6.45) is 1.61. The van der Waals surface area contributed by atoms with E-state index in [-0.39, 0.29) is 5.56 Å². The molecule has 76 valence electrons.